The average Bonchev–Trinajstić information content (AvgIpc) is 2.36. The van der Waals surface area contributed by atoms with Crippen molar-refractivity contribution in [1.82, 2.24) is 15.5 Å². The van der Waals surface area contributed by atoms with Crippen molar-refractivity contribution >= 4 is 11.9 Å². The third-order valence-corrected chi connectivity index (χ3v) is 3.33. The van der Waals surface area contributed by atoms with Crippen molar-refractivity contribution in [3.8, 4) is 0 Å². The van der Waals surface area contributed by atoms with Crippen molar-refractivity contribution < 1.29 is 14.7 Å². The Bertz CT molecular complexity index is 286. The number of amides is 3. The summed E-state index contributed by atoms with van der Waals surface area (Å²) < 4.78 is 0. The first-order valence-electron chi connectivity index (χ1n) is 5.96. The molecule has 3 amide bonds. The minimum absolute atomic E-state index is 0.00419. The summed E-state index contributed by atoms with van der Waals surface area (Å²) in [5, 5.41) is 14.9. The van der Waals surface area contributed by atoms with E-state index in [0.717, 1.165) is 0 Å². The average molecular weight is 243 g/mol. The molecule has 1 saturated heterocycles. The molecule has 98 valence electrons. The van der Waals surface area contributed by atoms with Gasteiger partial charge < -0.3 is 20.6 Å². The minimum Gasteiger partial charge on any atom is -0.390 e. The Kier molecular flexibility index (Phi) is 4.74. The van der Waals surface area contributed by atoms with Gasteiger partial charge in [0.05, 0.1) is 12.1 Å². The lowest BCUT2D eigenvalue weighted by Crippen LogP contribution is -2.49. The smallest absolute Gasteiger partial charge is 0.314 e. The molecular formula is C11H21N3O3. The number of hydrogen-bond acceptors (Lipinski definition) is 3. The molecule has 0 aromatic rings. The van der Waals surface area contributed by atoms with Crippen molar-refractivity contribution in [3.63, 3.8) is 0 Å². The maximum absolute atomic E-state index is 11.7. The lowest BCUT2D eigenvalue weighted by molar-refractivity contribution is -0.134. The van der Waals surface area contributed by atoms with Crippen LogP contribution < -0.4 is 10.6 Å². The molecule has 0 aromatic heterocycles. The fourth-order valence-corrected chi connectivity index (χ4v) is 1.88. The van der Waals surface area contributed by atoms with Gasteiger partial charge in [-0.1, -0.05) is 6.92 Å². The minimum atomic E-state index is -0.620. The first-order valence-corrected chi connectivity index (χ1v) is 5.96. The van der Waals surface area contributed by atoms with E-state index in [9.17, 15) is 14.7 Å². The fourth-order valence-electron chi connectivity index (χ4n) is 1.88. The van der Waals surface area contributed by atoms with E-state index in [1.807, 2.05) is 6.92 Å². The Morgan fingerprint density at radius 1 is 1.35 bits per heavy atom. The van der Waals surface area contributed by atoms with E-state index in [-0.39, 0.29) is 18.5 Å². The van der Waals surface area contributed by atoms with Crippen LogP contribution in [-0.4, -0.2) is 54.2 Å². The quantitative estimate of drug-likeness (QED) is 0.635. The third-order valence-electron chi connectivity index (χ3n) is 3.33. The van der Waals surface area contributed by atoms with Crippen LogP contribution in [0.25, 0.3) is 0 Å². The number of carbonyl (C=O) groups excluding carboxylic acids is 2. The molecule has 6 heteroatoms. The first kappa shape index (κ1) is 13.8. The van der Waals surface area contributed by atoms with Crippen LogP contribution in [0.1, 0.15) is 26.2 Å². The summed E-state index contributed by atoms with van der Waals surface area (Å²) in [6, 6.07) is -0.361. The zero-order chi connectivity index (χ0) is 12.9. The number of piperidine rings is 1. The number of aliphatic hydroxyl groups is 1. The molecule has 0 aromatic carbocycles. The van der Waals surface area contributed by atoms with E-state index < -0.39 is 5.60 Å². The summed E-state index contributed by atoms with van der Waals surface area (Å²) >= 11 is 0. The Balaban J connectivity index is 2.33. The predicted octanol–water partition coefficient (Wildman–Crippen LogP) is -0.321. The second kappa shape index (κ2) is 5.86. The van der Waals surface area contributed by atoms with E-state index in [4.69, 9.17) is 0 Å². The van der Waals surface area contributed by atoms with E-state index in [0.29, 0.717) is 32.4 Å². The molecule has 6 nitrogen and oxygen atoms in total. The molecule has 1 aliphatic heterocycles. The Morgan fingerprint density at radius 3 is 2.41 bits per heavy atom. The van der Waals surface area contributed by atoms with Gasteiger partial charge in [-0.3, -0.25) is 4.79 Å². The molecule has 1 aliphatic rings. The molecule has 0 bridgehead atoms. The molecular weight excluding hydrogens is 222 g/mol. The Labute approximate surface area is 101 Å². The third kappa shape index (κ3) is 3.89. The summed E-state index contributed by atoms with van der Waals surface area (Å²) in [4.78, 5) is 24.3. The summed E-state index contributed by atoms with van der Waals surface area (Å²) in [7, 11) is 1.50. The van der Waals surface area contributed by atoms with Crippen LogP contribution in [0.5, 0.6) is 0 Å². The van der Waals surface area contributed by atoms with E-state index in [1.54, 1.807) is 4.90 Å². The largest absolute Gasteiger partial charge is 0.390 e. The van der Waals surface area contributed by atoms with Gasteiger partial charge in [-0.2, -0.15) is 0 Å². The van der Waals surface area contributed by atoms with E-state index >= 15 is 0 Å². The van der Waals surface area contributed by atoms with Gasteiger partial charge >= 0.3 is 6.03 Å². The molecule has 0 aliphatic carbocycles. The topological polar surface area (TPSA) is 81.7 Å². The van der Waals surface area contributed by atoms with Gasteiger partial charge in [0, 0.05) is 20.1 Å². The number of urea groups is 1. The van der Waals surface area contributed by atoms with Gasteiger partial charge in [0.25, 0.3) is 0 Å². The monoisotopic (exact) mass is 243 g/mol. The van der Waals surface area contributed by atoms with E-state index in [2.05, 4.69) is 10.6 Å². The Hall–Kier alpha value is -1.30. The zero-order valence-corrected chi connectivity index (χ0v) is 10.5. The number of carbonyl (C=O) groups is 2. The Morgan fingerprint density at radius 2 is 1.94 bits per heavy atom. The number of nitrogens with one attached hydrogen (secondary N) is 2. The maximum Gasteiger partial charge on any atom is 0.314 e. The molecule has 0 spiro atoms. The molecule has 1 heterocycles. The van der Waals surface area contributed by atoms with Gasteiger partial charge in [0.2, 0.25) is 5.91 Å². The summed E-state index contributed by atoms with van der Waals surface area (Å²) in [6.07, 6.45) is 1.93. The first-order chi connectivity index (χ1) is 8.00. The molecule has 0 unspecified atom stereocenters. The van der Waals surface area contributed by atoms with Crippen molar-refractivity contribution in [1.29, 1.82) is 0 Å². The van der Waals surface area contributed by atoms with Gasteiger partial charge in [0.1, 0.15) is 0 Å². The van der Waals surface area contributed by atoms with Crippen LogP contribution in [-0.2, 0) is 4.79 Å². The summed E-state index contributed by atoms with van der Waals surface area (Å²) in [5.41, 5.74) is -0.620. The van der Waals surface area contributed by atoms with Crippen LogP contribution in [0.2, 0.25) is 0 Å². The number of nitrogens with zero attached hydrogens (tertiary/aromatic N) is 1. The lowest BCUT2D eigenvalue weighted by Gasteiger charge is -2.37. The molecule has 0 saturated carbocycles. The molecule has 0 radical (unpaired) electrons. The normalized spacial score (nSPS) is 18.6. The van der Waals surface area contributed by atoms with Crippen molar-refractivity contribution in [2.75, 3.05) is 26.7 Å². The number of rotatable bonds is 3. The van der Waals surface area contributed by atoms with E-state index in [1.165, 1.54) is 7.05 Å². The summed E-state index contributed by atoms with van der Waals surface area (Å²) in [5.74, 6) is -0.105. The zero-order valence-electron chi connectivity index (χ0n) is 10.5. The number of hydrogen-bond donors (Lipinski definition) is 3. The number of likely N-dealkylation sites (tertiary alicyclic amines) is 1. The van der Waals surface area contributed by atoms with Gasteiger partial charge in [-0.05, 0) is 19.3 Å². The molecule has 0 atom stereocenters. The molecule has 3 N–H and O–H groups in total. The molecule has 1 fully saturated rings. The predicted molar refractivity (Wildman–Crippen MR) is 63.5 cm³/mol. The fraction of sp³-hybridized carbons (Fsp3) is 0.818. The van der Waals surface area contributed by atoms with Crippen LogP contribution in [0.4, 0.5) is 4.79 Å². The van der Waals surface area contributed by atoms with Crippen LogP contribution >= 0.6 is 0 Å². The van der Waals surface area contributed by atoms with Crippen LogP contribution in [0.15, 0.2) is 0 Å². The SMILES string of the molecule is CCC1(O)CCN(C(=O)CNC(=O)NC)CC1. The van der Waals surface area contributed by atoms with Crippen molar-refractivity contribution in [2.24, 2.45) is 0 Å². The van der Waals surface area contributed by atoms with Crippen molar-refractivity contribution in [3.05, 3.63) is 0 Å². The van der Waals surface area contributed by atoms with Crippen LogP contribution in [0, 0.1) is 0 Å². The molecule has 17 heavy (non-hydrogen) atoms. The standard InChI is InChI=1S/C11H21N3O3/c1-3-11(17)4-6-14(7-5-11)9(15)8-13-10(16)12-2/h17H,3-8H2,1-2H3,(H2,12,13,16). The summed E-state index contributed by atoms with van der Waals surface area (Å²) in [6.45, 7) is 3.06. The second-order valence-electron chi connectivity index (χ2n) is 4.39. The highest BCUT2D eigenvalue weighted by Crippen LogP contribution is 2.24. The second-order valence-corrected chi connectivity index (χ2v) is 4.39. The maximum atomic E-state index is 11.7. The highest BCUT2D eigenvalue weighted by molar-refractivity contribution is 5.83. The lowest BCUT2D eigenvalue weighted by atomic mass is 9.89. The molecule has 1 rings (SSSR count). The van der Waals surface area contributed by atoms with Gasteiger partial charge in [0.15, 0.2) is 0 Å². The van der Waals surface area contributed by atoms with Crippen LogP contribution in [0.3, 0.4) is 0 Å². The highest BCUT2D eigenvalue weighted by atomic mass is 16.3. The van der Waals surface area contributed by atoms with Gasteiger partial charge in [-0.25, -0.2) is 4.79 Å². The highest BCUT2D eigenvalue weighted by Gasteiger charge is 2.31. The van der Waals surface area contributed by atoms with Crippen molar-refractivity contribution in [2.45, 2.75) is 31.8 Å². The van der Waals surface area contributed by atoms with Gasteiger partial charge in [-0.15, -0.1) is 0 Å².